The number of nitrogens with zero attached hydrogens (tertiary/aromatic N) is 3. The van der Waals surface area contributed by atoms with Crippen LogP contribution in [-0.2, 0) is 6.54 Å². The number of hydrogen-bond donors (Lipinski definition) is 1. The number of hydrogen-bond acceptors (Lipinski definition) is 5. The average Bonchev–Trinajstić information content (AvgIpc) is 2.64. The molecule has 8 heteroatoms. The van der Waals surface area contributed by atoms with Crippen LogP contribution < -0.4 is 0 Å². The smallest absolute Gasteiger partial charge is 0.396 e. The standard InChI is InChI=1S/C8H12F3N3OS/c9-8(10,11)6-14(2-1-3-15)4-7-5-16-13-12-7/h5,15H,1-4,6H2. The van der Waals surface area contributed by atoms with E-state index in [0.717, 1.165) is 11.5 Å². The van der Waals surface area contributed by atoms with Gasteiger partial charge in [0.1, 0.15) is 0 Å². The molecule has 0 saturated heterocycles. The molecule has 4 nitrogen and oxygen atoms in total. The maximum absolute atomic E-state index is 12.2. The highest BCUT2D eigenvalue weighted by atomic mass is 32.1. The van der Waals surface area contributed by atoms with Gasteiger partial charge in [-0.2, -0.15) is 13.2 Å². The SMILES string of the molecule is OCCCN(Cc1csnn1)CC(F)(F)F. The molecule has 0 atom stereocenters. The van der Waals surface area contributed by atoms with Crippen molar-refractivity contribution in [3.8, 4) is 0 Å². The first kappa shape index (κ1) is 13.3. The van der Waals surface area contributed by atoms with Gasteiger partial charge in [-0.15, -0.1) is 5.10 Å². The Kier molecular flexibility index (Phi) is 5.10. The number of aromatic nitrogens is 2. The third-order valence-electron chi connectivity index (χ3n) is 1.83. The summed E-state index contributed by atoms with van der Waals surface area (Å²) in [4.78, 5) is 1.20. The molecule has 0 aliphatic heterocycles. The van der Waals surface area contributed by atoms with Gasteiger partial charge in [-0.1, -0.05) is 4.49 Å². The van der Waals surface area contributed by atoms with Gasteiger partial charge in [0.2, 0.25) is 0 Å². The van der Waals surface area contributed by atoms with Gasteiger partial charge >= 0.3 is 6.18 Å². The van der Waals surface area contributed by atoms with Gasteiger partial charge in [0.25, 0.3) is 0 Å². The van der Waals surface area contributed by atoms with Crippen LogP contribution in [0.25, 0.3) is 0 Å². The van der Waals surface area contributed by atoms with Gasteiger partial charge in [0.15, 0.2) is 0 Å². The predicted octanol–water partition coefficient (Wildman–Crippen LogP) is 1.28. The Hall–Kier alpha value is -0.730. The third-order valence-corrected chi connectivity index (χ3v) is 2.38. The van der Waals surface area contributed by atoms with Crippen LogP contribution in [0.1, 0.15) is 12.1 Å². The van der Waals surface area contributed by atoms with Gasteiger partial charge in [0.05, 0.1) is 12.2 Å². The summed E-state index contributed by atoms with van der Waals surface area (Å²) in [6.07, 6.45) is -3.92. The molecule has 1 aromatic heterocycles. The van der Waals surface area contributed by atoms with Crippen molar-refractivity contribution in [2.45, 2.75) is 19.1 Å². The molecule has 0 radical (unpaired) electrons. The number of aliphatic hydroxyl groups is 1. The van der Waals surface area contributed by atoms with Crippen LogP contribution in [0, 0.1) is 0 Å². The number of aliphatic hydroxyl groups excluding tert-OH is 1. The van der Waals surface area contributed by atoms with E-state index in [1.165, 1.54) is 4.90 Å². The average molecular weight is 255 g/mol. The van der Waals surface area contributed by atoms with Crippen molar-refractivity contribution in [3.63, 3.8) is 0 Å². The molecule has 0 amide bonds. The largest absolute Gasteiger partial charge is 0.401 e. The molecule has 92 valence electrons. The Morgan fingerprint density at radius 2 is 2.19 bits per heavy atom. The van der Waals surface area contributed by atoms with Crippen molar-refractivity contribution in [3.05, 3.63) is 11.1 Å². The minimum atomic E-state index is -4.24. The first-order valence-electron chi connectivity index (χ1n) is 4.67. The molecule has 16 heavy (non-hydrogen) atoms. The molecule has 0 aliphatic carbocycles. The van der Waals surface area contributed by atoms with E-state index in [9.17, 15) is 13.2 Å². The summed E-state index contributed by atoms with van der Waals surface area (Å²) < 4.78 is 40.3. The Balaban J connectivity index is 2.50. The summed E-state index contributed by atoms with van der Waals surface area (Å²) in [7, 11) is 0. The summed E-state index contributed by atoms with van der Waals surface area (Å²) >= 11 is 1.10. The summed E-state index contributed by atoms with van der Waals surface area (Å²) in [6.45, 7) is -0.822. The first-order chi connectivity index (χ1) is 7.51. The van der Waals surface area contributed by atoms with Crippen molar-refractivity contribution < 1.29 is 18.3 Å². The van der Waals surface area contributed by atoms with Crippen LogP contribution in [0.3, 0.4) is 0 Å². The molecular weight excluding hydrogens is 243 g/mol. The zero-order valence-electron chi connectivity index (χ0n) is 8.44. The highest BCUT2D eigenvalue weighted by molar-refractivity contribution is 7.03. The lowest BCUT2D eigenvalue weighted by atomic mass is 10.3. The maximum Gasteiger partial charge on any atom is 0.401 e. The second-order valence-electron chi connectivity index (χ2n) is 3.30. The fraction of sp³-hybridized carbons (Fsp3) is 0.750. The van der Waals surface area contributed by atoms with Crippen LogP contribution in [0.15, 0.2) is 5.38 Å². The Morgan fingerprint density at radius 1 is 1.44 bits per heavy atom. The van der Waals surface area contributed by atoms with E-state index in [1.807, 2.05) is 0 Å². The molecule has 1 rings (SSSR count). The van der Waals surface area contributed by atoms with Gasteiger partial charge in [-0.3, -0.25) is 4.90 Å². The topological polar surface area (TPSA) is 49.2 Å². The second-order valence-corrected chi connectivity index (χ2v) is 3.91. The lowest BCUT2D eigenvalue weighted by Gasteiger charge is -2.22. The predicted molar refractivity (Wildman–Crippen MR) is 52.9 cm³/mol. The summed E-state index contributed by atoms with van der Waals surface area (Å²) in [5.74, 6) is 0. The highest BCUT2D eigenvalue weighted by Crippen LogP contribution is 2.18. The highest BCUT2D eigenvalue weighted by Gasteiger charge is 2.30. The van der Waals surface area contributed by atoms with Gasteiger partial charge in [-0.25, -0.2) is 0 Å². The molecule has 0 fully saturated rings. The number of alkyl halides is 3. The van der Waals surface area contributed by atoms with Crippen molar-refractivity contribution in [1.29, 1.82) is 0 Å². The third kappa shape index (κ3) is 5.38. The molecular formula is C8H12F3N3OS. The lowest BCUT2D eigenvalue weighted by Crippen LogP contribution is -2.35. The molecule has 1 N–H and O–H groups in total. The van der Waals surface area contributed by atoms with Crippen molar-refractivity contribution in [2.24, 2.45) is 0 Å². The van der Waals surface area contributed by atoms with E-state index >= 15 is 0 Å². The van der Waals surface area contributed by atoms with Crippen LogP contribution >= 0.6 is 11.5 Å². The van der Waals surface area contributed by atoms with E-state index in [0.29, 0.717) is 12.1 Å². The molecule has 1 heterocycles. The van der Waals surface area contributed by atoms with Gasteiger partial charge in [-0.05, 0) is 18.0 Å². The molecule has 0 unspecified atom stereocenters. The molecule has 0 spiro atoms. The quantitative estimate of drug-likeness (QED) is 0.832. The van der Waals surface area contributed by atoms with E-state index < -0.39 is 12.7 Å². The minimum Gasteiger partial charge on any atom is -0.396 e. The van der Waals surface area contributed by atoms with Crippen LogP contribution in [0.2, 0.25) is 0 Å². The first-order valence-corrected chi connectivity index (χ1v) is 5.51. The van der Waals surface area contributed by atoms with E-state index in [2.05, 4.69) is 9.59 Å². The Bertz CT molecular complexity index is 291. The molecule has 1 aromatic rings. The fourth-order valence-electron chi connectivity index (χ4n) is 1.24. The van der Waals surface area contributed by atoms with Crippen LogP contribution in [0.4, 0.5) is 13.2 Å². The Labute approximate surface area is 94.9 Å². The number of rotatable bonds is 6. The normalized spacial score (nSPS) is 12.3. The number of halogens is 3. The van der Waals surface area contributed by atoms with E-state index in [4.69, 9.17) is 5.11 Å². The van der Waals surface area contributed by atoms with Gasteiger partial charge in [0, 0.05) is 25.1 Å². The van der Waals surface area contributed by atoms with E-state index in [1.54, 1.807) is 5.38 Å². The zero-order valence-corrected chi connectivity index (χ0v) is 9.26. The second kappa shape index (κ2) is 6.12. The molecule has 0 aromatic carbocycles. The maximum atomic E-state index is 12.2. The summed E-state index contributed by atoms with van der Waals surface area (Å²) in [5, 5.41) is 13.9. The van der Waals surface area contributed by atoms with E-state index in [-0.39, 0.29) is 19.7 Å². The van der Waals surface area contributed by atoms with Crippen LogP contribution in [0.5, 0.6) is 0 Å². The van der Waals surface area contributed by atoms with Gasteiger partial charge < -0.3 is 5.11 Å². The molecule has 0 aliphatic rings. The summed E-state index contributed by atoms with van der Waals surface area (Å²) in [5.41, 5.74) is 0.521. The van der Waals surface area contributed by atoms with Crippen molar-refractivity contribution in [2.75, 3.05) is 19.7 Å². The molecule has 0 saturated carbocycles. The summed E-state index contributed by atoms with van der Waals surface area (Å²) in [6, 6.07) is 0. The fourth-order valence-corrected chi connectivity index (χ4v) is 1.69. The Morgan fingerprint density at radius 3 is 2.69 bits per heavy atom. The lowest BCUT2D eigenvalue weighted by molar-refractivity contribution is -0.147. The zero-order chi connectivity index (χ0) is 12.0. The minimum absolute atomic E-state index is 0.107. The van der Waals surface area contributed by atoms with Crippen LogP contribution in [-0.4, -0.2) is 45.5 Å². The van der Waals surface area contributed by atoms with Crippen molar-refractivity contribution in [1.82, 2.24) is 14.5 Å². The molecule has 0 bridgehead atoms. The van der Waals surface area contributed by atoms with Crippen molar-refractivity contribution >= 4 is 11.5 Å². The monoisotopic (exact) mass is 255 g/mol.